The molecule has 0 aliphatic carbocycles. The molecular formula is C12H14N2O2. The van der Waals surface area contributed by atoms with Crippen molar-refractivity contribution < 1.29 is 9.53 Å². The lowest BCUT2D eigenvalue weighted by molar-refractivity contribution is 0.0602. The highest BCUT2D eigenvalue weighted by atomic mass is 16.5. The number of carbonyl (C=O) groups is 1. The molecular weight excluding hydrogens is 204 g/mol. The van der Waals surface area contributed by atoms with Crippen LogP contribution >= 0.6 is 0 Å². The fourth-order valence-corrected chi connectivity index (χ4v) is 1.99. The summed E-state index contributed by atoms with van der Waals surface area (Å²) in [6.45, 7) is 0.460. The maximum Gasteiger partial charge on any atom is 0.340 e. The van der Waals surface area contributed by atoms with Crippen LogP contribution < -0.4 is 5.73 Å². The van der Waals surface area contributed by atoms with Gasteiger partial charge in [0.25, 0.3) is 0 Å². The van der Waals surface area contributed by atoms with Crippen LogP contribution in [0.5, 0.6) is 0 Å². The lowest BCUT2D eigenvalue weighted by Gasteiger charge is -2.03. The molecule has 0 atom stereocenters. The van der Waals surface area contributed by atoms with Crippen molar-refractivity contribution in [1.29, 1.82) is 0 Å². The Bertz CT molecular complexity index is 543. The van der Waals surface area contributed by atoms with Crippen molar-refractivity contribution in [1.82, 2.24) is 4.57 Å². The summed E-state index contributed by atoms with van der Waals surface area (Å²) in [5, 5.41) is 1.01. The number of rotatable bonds is 2. The number of esters is 1. The molecule has 0 radical (unpaired) electrons. The Morgan fingerprint density at radius 2 is 2.25 bits per heavy atom. The summed E-state index contributed by atoms with van der Waals surface area (Å²) < 4.78 is 6.67. The minimum atomic E-state index is -0.324. The normalized spacial score (nSPS) is 10.7. The Hall–Kier alpha value is -1.81. The highest BCUT2D eigenvalue weighted by Crippen LogP contribution is 2.24. The summed E-state index contributed by atoms with van der Waals surface area (Å²) >= 11 is 0. The number of methoxy groups -OCH3 is 1. The van der Waals surface area contributed by atoms with E-state index >= 15 is 0 Å². The van der Waals surface area contributed by atoms with E-state index < -0.39 is 0 Å². The Labute approximate surface area is 93.6 Å². The number of aryl methyl sites for hydroxylation is 1. The van der Waals surface area contributed by atoms with Crippen LogP contribution in [-0.4, -0.2) is 17.6 Å². The van der Waals surface area contributed by atoms with Gasteiger partial charge in [-0.2, -0.15) is 0 Å². The van der Waals surface area contributed by atoms with E-state index in [1.165, 1.54) is 7.11 Å². The van der Waals surface area contributed by atoms with Crippen LogP contribution in [0, 0.1) is 0 Å². The highest BCUT2D eigenvalue weighted by Gasteiger charge is 2.14. The van der Waals surface area contributed by atoms with Gasteiger partial charge in [-0.3, -0.25) is 0 Å². The summed E-state index contributed by atoms with van der Waals surface area (Å²) in [5.41, 5.74) is 8.13. The zero-order valence-electron chi connectivity index (χ0n) is 9.36. The number of fused-ring (bicyclic) bond motifs is 1. The summed E-state index contributed by atoms with van der Waals surface area (Å²) in [4.78, 5) is 11.6. The van der Waals surface area contributed by atoms with Gasteiger partial charge in [0.15, 0.2) is 0 Å². The van der Waals surface area contributed by atoms with Gasteiger partial charge in [-0.1, -0.05) is 12.1 Å². The van der Waals surface area contributed by atoms with E-state index in [4.69, 9.17) is 10.5 Å². The molecule has 16 heavy (non-hydrogen) atoms. The number of benzene rings is 1. The maximum absolute atomic E-state index is 11.6. The van der Waals surface area contributed by atoms with Crippen molar-refractivity contribution in [2.75, 3.05) is 7.11 Å². The van der Waals surface area contributed by atoms with Crippen LogP contribution in [0.2, 0.25) is 0 Å². The van der Waals surface area contributed by atoms with Gasteiger partial charge in [-0.05, 0) is 11.6 Å². The van der Waals surface area contributed by atoms with Crippen LogP contribution in [0.3, 0.4) is 0 Å². The third-order valence-electron chi connectivity index (χ3n) is 2.71. The molecule has 0 amide bonds. The number of ether oxygens (including phenoxy) is 1. The number of hydrogen-bond acceptors (Lipinski definition) is 3. The molecule has 2 rings (SSSR count). The maximum atomic E-state index is 11.6. The fourth-order valence-electron chi connectivity index (χ4n) is 1.99. The second-order valence-electron chi connectivity index (χ2n) is 3.66. The lowest BCUT2D eigenvalue weighted by Crippen LogP contribution is -2.03. The first kappa shape index (κ1) is 10.7. The van der Waals surface area contributed by atoms with Crippen molar-refractivity contribution in [3.05, 3.63) is 35.5 Å². The molecule has 0 saturated carbocycles. The molecule has 2 N–H and O–H groups in total. The van der Waals surface area contributed by atoms with Crippen molar-refractivity contribution in [2.45, 2.75) is 6.54 Å². The molecule has 0 aliphatic heterocycles. The third-order valence-corrected chi connectivity index (χ3v) is 2.71. The van der Waals surface area contributed by atoms with E-state index in [2.05, 4.69) is 0 Å². The standard InChI is InChI=1S/C12H14N2O2/c1-14-7-8(6-13)9-4-3-5-10(11(9)14)12(15)16-2/h3-5,7H,6,13H2,1-2H3. The number of para-hydroxylation sites is 1. The van der Waals surface area contributed by atoms with Gasteiger partial charge in [0, 0.05) is 25.2 Å². The molecule has 0 bridgehead atoms. The van der Waals surface area contributed by atoms with Gasteiger partial charge >= 0.3 is 5.97 Å². The van der Waals surface area contributed by atoms with Gasteiger partial charge in [0.2, 0.25) is 0 Å². The molecule has 1 aromatic carbocycles. The number of nitrogens with two attached hydrogens (primary N) is 1. The molecule has 2 aromatic rings. The number of hydrogen-bond donors (Lipinski definition) is 1. The van der Waals surface area contributed by atoms with Gasteiger partial charge in [-0.15, -0.1) is 0 Å². The molecule has 0 unspecified atom stereocenters. The molecule has 0 saturated heterocycles. The largest absolute Gasteiger partial charge is 0.465 e. The molecule has 0 fully saturated rings. The van der Waals surface area contributed by atoms with Crippen LogP contribution in [0.4, 0.5) is 0 Å². The Kier molecular flexibility index (Phi) is 2.66. The Morgan fingerprint density at radius 3 is 2.88 bits per heavy atom. The van der Waals surface area contributed by atoms with E-state index in [0.29, 0.717) is 12.1 Å². The number of aromatic nitrogens is 1. The monoisotopic (exact) mass is 218 g/mol. The smallest absolute Gasteiger partial charge is 0.340 e. The zero-order chi connectivity index (χ0) is 11.7. The minimum Gasteiger partial charge on any atom is -0.465 e. The first-order valence-electron chi connectivity index (χ1n) is 5.04. The SMILES string of the molecule is COC(=O)c1cccc2c(CN)cn(C)c12. The average molecular weight is 218 g/mol. The van der Waals surface area contributed by atoms with Crippen LogP contribution in [0.15, 0.2) is 24.4 Å². The van der Waals surface area contributed by atoms with E-state index in [9.17, 15) is 4.79 Å². The second kappa shape index (κ2) is 3.98. The van der Waals surface area contributed by atoms with Crippen LogP contribution in [-0.2, 0) is 18.3 Å². The Balaban J connectivity index is 2.77. The van der Waals surface area contributed by atoms with Gasteiger partial charge in [-0.25, -0.2) is 4.79 Å². The summed E-state index contributed by atoms with van der Waals surface area (Å²) in [6, 6.07) is 5.56. The minimum absolute atomic E-state index is 0.324. The summed E-state index contributed by atoms with van der Waals surface area (Å²) in [7, 11) is 3.28. The van der Waals surface area contributed by atoms with Gasteiger partial charge < -0.3 is 15.0 Å². The predicted octanol–water partition coefficient (Wildman–Crippen LogP) is 1.42. The number of nitrogens with zero attached hydrogens (tertiary/aromatic N) is 1. The van der Waals surface area contributed by atoms with E-state index in [1.54, 1.807) is 6.07 Å². The molecule has 84 valence electrons. The van der Waals surface area contributed by atoms with Crippen LogP contribution in [0.25, 0.3) is 10.9 Å². The average Bonchev–Trinajstić information content (AvgIpc) is 2.65. The van der Waals surface area contributed by atoms with Gasteiger partial charge in [0.05, 0.1) is 18.2 Å². The highest BCUT2D eigenvalue weighted by molar-refractivity contribution is 6.04. The molecule has 0 aliphatic rings. The van der Waals surface area contributed by atoms with Crippen molar-refractivity contribution in [3.63, 3.8) is 0 Å². The fraction of sp³-hybridized carbons (Fsp3) is 0.250. The van der Waals surface area contributed by atoms with Gasteiger partial charge in [0.1, 0.15) is 0 Å². The third kappa shape index (κ3) is 1.47. The van der Waals surface area contributed by atoms with E-state index in [-0.39, 0.29) is 5.97 Å². The second-order valence-corrected chi connectivity index (χ2v) is 3.66. The molecule has 4 nitrogen and oxygen atoms in total. The molecule has 1 heterocycles. The summed E-state index contributed by atoms with van der Waals surface area (Å²) in [6.07, 6.45) is 1.94. The van der Waals surface area contributed by atoms with Crippen molar-refractivity contribution in [2.24, 2.45) is 12.8 Å². The number of carbonyl (C=O) groups excluding carboxylic acids is 1. The van der Waals surface area contributed by atoms with Crippen molar-refractivity contribution >= 4 is 16.9 Å². The zero-order valence-corrected chi connectivity index (χ0v) is 9.36. The first-order valence-corrected chi connectivity index (χ1v) is 5.04. The quantitative estimate of drug-likeness (QED) is 0.776. The molecule has 1 aromatic heterocycles. The predicted molar refractivity (Wildman–Crippen MR) is 62.1 cm³/mol. The molecule has 0 spiro atoms. The lowest BCUT2D eigenvalue weighted by atomic mass is 10.1. The van der Waals surface area contributed by atoms with E-state index in [1.807, 2.05) is 29.9 Å². The van der Waals surface area contributed by atoms with E-state index in [0.717, 1.165) is 16.5 Å². The first-order chi connectivity index (χ1) is 7.69. The topological polar surface area (TPSA) is 57.2 Å². The van der Waals surface area contributed by atoms with Crippen LogP contribution in [0.1, 0.15) is 15.9 Å². The van der Waals surface area contributed by atoms with Crippen molar-refractivity contribution in [3.8, 4) is 0 Å². The summed E-state index contributed by atoms with van der Waals surface area (Å²) in [5.74, 6) is -0.324. The Morgan fingerprint density at radius 1 is 1.50 bits per heavy atom. The molecule has 4 heteroatoms.